The Morgan fingerprint density at radius 1 is 1.15 bits per heavy atom. The number of nitrogens with zero attached hydrogens (tertiary/aromatic N) is 1. The summed E-state index contributed by atoms with van der Waals surface area (Å²) in [6.45, 7) is 15.0. The lowest BCUT2D eigenvalue weighted by Crippen LogP contribution is -3.18. The van der Waals surface area contributed by atoms with E-state index in [2.05, 4.69) is 39.6 Å². The average molecular weight is 187 g/mol. The highest BCUT2D eigenvalue weighted by atomic mass is 15.6. The van der Waals surface area contributed by atoms with Gasteiger partial charge in [-0.1, -0.05) is 13.3 Å². The fourth-order valence-electron chi connectivity index (χ4n) is 1.86. The zero-order chi connectivity index (χ0) is 10.3. The van der Waals surface area contributed by atoms with Crippen molar-refractivity contribution < 1.29 is 5.01 Å². The number of nitrogens with one attached hydrogen (secondary N) is 1. The van der Waals surface area contributed by atoms with Gasteiger partial charge in [0.25, 0.3) is 0 Å². The summed E-state index contributed by atoms with van der Waals surface area (Å²) >= 11 is 0. The number of hydrogen-bond acceptors (Lipinski definition) is 1. The van der Waals surface area contributed by atoms with Crippen molar-refractivity contribution in [1.82, 2.24) is 5.01 Å². The molecule has 2 nitrogen and oxygen atoms in total. The molecule has 0 fully saturated rings. The van der Waals surface area contributed by atoms with Crippen LogP contribution >= 0.6 is 0 Å². The Labute approximate surface area is 83.9 Å². The lowest BCUT2D eigenvalue weighted by molar-refractivity contribution is -1.02. The molecule has 13 heavy (non-hydrogen) atoms. The predicted molar refractivity (Wildman–Crippen MR) is 58.8 cm³/mol. The summed E-state index contributed by atoms with van der Waals surface area (Å²) in [4.78, 5) is 0. The van der Waals surface area contributed by atoms with Crippen LogP contribution in [0.25, 0.3) is 0 Å². The smallest absolute Gasteiger partial charge is 0.0947 e. The first-order valence-electron chi connectivity index (χ1n) is 5.78. The Morgan fingerprint density at radius 3 is 2.08 bits per heavy atom. The van der Waals surface area contributed by atoms with E-state index in [0.29, 0.717) is 6.04 Å². The van der Waals surface area contributed by atoms with Crippen LogP contribution in [-0.2, 0) is 0 Å². The first-order valence-corrected chi connectivity index (χ1v) is 5.78. The van der Waals surface area contributed by atoms with Crippen molar-refractivity contribution in [3.8, 4) is 0 Å². The molecule has 0 aromatic carbocycles. The van der Waals surface area contributed by atoms with Crippen LogP contribution < -0.4 is 5.01 Å². The van der Waals surface area contributed by atoms with Crippen molar-refractivity contribution in [2.45, 2.75) is 53.5 Å². The van der Waals surface area contributed by atoms with Gasteiger partial charge in [0.1, 0.15) is 0 Å². The van der Waals surface area contributed by atoms with Gasteiger partial charge in [-0.25, -0.2) is 0 Å². The first kappa shape index (κ1) is 12.9. The quantitative estimate of drug-likeness (QED) is 0.591. The summed E-state index contributed by atoms with van der Waals surface area (Å²) in [6, 6.07) is 0.664. The van der Waals surface area contributed by atoms with Crippen molar-refractivity contribution in [2.75, 3.05) is 19.6 Å². The molecular weight excluding hydrogens is 160 g/mol. The highest BCUT2D eigenvalue weighted by Crippen LogP contribution is 1.89. The maximum absolute atomic E-state index is 2.54. The van der Waals surface area contributed by atoms with Crippen LogP contribution in [-0.4, -0.2) is 30.7 Å². The molecular formula is C11H27N2+. The van der Waals surface area contributed by atoms with Gasteiger partial charge in [0.2, 0.25) is 0 Å². The van der Waals surface area contributed by atoms with Gasteiger partial charge < -0.3 is 0 Å². The van der Waals surface area contributed by atoms with Gasteiger partial charge >= 0.3 is 0 Å². The summed E-state index contributed by atoms with van der Waals surface area (Å²) in [6.07, 6.45) is 2.64. The molecule has 0 saturated carbocycles. The van der Waals surface area contributed by atoms with Crippen molar-refractivity contribution in [3.63, 3.8) is 0 Å². The van der Waals surface area contributed by atoms with Gasteiger partial charge in [-0.3, -0.25) is 5.01 Å². The van der Waals surface area contributed by atoms with E-state index in [1.165, 1.54) is 25.9 Å². The van der Waals surface area contributed by atoms with E-state index in [-0.39, 0.29) is 0 Å². The number of hydrogen-bond donors (Lipinski definition) is 1. The summed E-state index contributed by atoms with van der Waals surface area (Å²) in [7, 11) is 0. The van der Waals surface area contributed by atoms with E-state index in [4.69, 9.17) is 0 Å². The van der Waals surface area contributed by atoms with Gasteiger partial charge in [-0.15, -0.1) is 0 Å². The molecule has 0 aromatic rings. The molecule has 0 saturated heterocycles. The van der Waals surface area contributed by atoms with Crippen LogP contribution in [0.5, 0.6) is 0 Å². The third kappa shape index (κ3) is 4.63. The summed E-state index contributed by atoms with van der Waals surface area (Å²) in [5, 5.41) is 4.18. The van der Waals surface area contributed by atoms with E-state index in [0.717, 1.165) is 6.54 Å². The molecule has 0 heterocycles. The number of quaternary nitrogens is 1. The van der Waals surface area contributed by atoms with Crippen LogP contribution in [0.3, 0.4) is 0 Å². The van der Waals surface area contributed by atoms with Crippen molar-refractivity contribution >= 4 is 0 Å². The van der Waals surface area contributed by atoms with Gasteiger partial charge in [0.05, 0.1) is 19.1 Å². The number of rotatable bonds is 7. The highest BCUT2D eigenvalue weighted by Gasteiger charge is 2.17. The predicted octanol–water partition coefficient (Wildman–Crippen LogP) is 1.34. The molecule has 0 amide bonds. The summed E-state index contributed by atoms with van der Waals surface area (Å²) in [5.74, 6) is 0. The van der Waals surface area contributed by atoms with Crippen LogP contribution in [0, 0.1) is 0 Å². The molecule has 0 aliphatic rings. The zero-order valence-corrected chi connectivity index (χ0v) is 10.1. The molecule has 80 valence electrons. The molecule has 0 aliphatic carbocycles. The Kier molecular flexibility index (Phi) is 7.29. The van der Waals surface area contributed by atoms with E-state index < -0.39 is 0 Å². The second-order valence-corrected chi connectivity index (χ2v) is 3.90. The Hall–Kier alpha value is -0.0800. The SMILES string of the molecule is CCCC[NH+](CC)N(CC)C(C)C. The van der Waals surface area contributed by atoms with E-state index in [1.54, 1.807) is 5.01 Å². The lowest BCUT2D eigenvalue weighted by Gasteiger charge is -2.32. The van der Waals surface area contributed by atoms with Crippen LogP contribution in [0.15, 0.2) is 0 Å². The van der Waals surface area contributed by atoms with Gasteiger partial charge in [-0.2, -0.15) is 5.01 Å². The maximum Gasteiger partial charge on any atom is 0.0947 e. The van der Waals surface area contributed by atoms with Crippen molar-refractivity contribution in [3.05, 3.63) is 0 Å². The molecule has 0 rings (SSSR count). The monoisotopic (exact) mass is 187 g/mol. The highest BCUT2D eigenvalue weighted by molar-refractivity contribution is 4.47. The van der Waals surface area contributed by atoms with E-state index >= 15 is 0 Å². The van der Waals surface area contributed by atoms with Gasteiger partial charge in [0, 0.05) is 6.54 Å². The maximum atomic E-state index is 2.54. The normalized spacial score (nSPS) is 14.1. The molecule has 0 aromatic heterocycles. The standard InChI is InChI=1S/C11H26N2/c1-6-9-10-12(7-2)13(8-3)11(4)5/h11H,6-10H2,1-5H3/p+1. The first-order chi connectivity index (χ1) is 6.17. The summed E-state index contributed by atoms with van der Waals surface area (Å²) in [5.41, 5.74) is 0. The fraction of sp³-hybridized carbons (Fsp3) is 1.00. The topological polar surface area (TPSA) is 7.68 Å². The second kappa shape index (κ2) is 7.34. The zero-order valence-electron chi connectivity index (χ0n) is 10.1. The van der Waals surface area contributed by atoms with Crippen LogP contribution in [0.4, 0.5) is 0 Å². The minimum absolute atomic E-state index is 0.664. The third-order valence-corrected chi connectivity index (χ3v) is 2.60. The molecule has 1 N–H and O–H groups in total. The van der Waals surface area contributed by atoms with Crippen LogP contribution in [0.1, 0.15) is 47.5 Å². The fourth-order valence-corrected chi connectivity index (χ4v) is 1.86. The average Bonchev–Trinajstić information content (AvgIpc) is 2.11. The Bertz CT molecular complexity index is 113. The molecule has 0 radical (unpaired) electrons. The second-order valence-electron chi connectivity index (χ2n) is 3.90. The molecule has 1 unspecified atom stereocenters. The van der Waals surface area contributed by atoms with Gasteiger partial charge in [0.15, 0.2) is 0 Å². The van der Waals surface area contributed by atoms with E-state index in [9.17, 15) is 0 Å². The minimum atomic E-state index is 0.664. The lowest BCUT2D eigenvalue weighted by atomic mass is 10.3. The Balaban J connectivity index is 4.00. The molecule has 0 bridgehead atoms. The minimum Gasteiger partial charge on any atom is -0.255 e. The largest absolute Gasteiger partial charge is 0.255 e. The molecule has 0 aliphatic heterocycles. The summed E-state index contributed by atoms with van der Waals surface area (Å²) < 4.78 is 0. The van der Waals surface area contributed by atoms with E-state index in [1.807, 2.05) is 0 Å². The molecule has 0 spiro atoms. The van der Waals surface area contributed by atoms with Gasteiger partial charge in [-0.05, 0) is 34.1 Å². The van der Waals surface area contributed by atoms with Crippen LogP contribution in [0.2, 0.25) is 0 Å². The molecule has 1 atom stereocenters. The Morgan fingerprint density at radius 2 is 1.77 bits per heavy atom. The number of unbranched alkanes of at least 4 members (excludes halogenated alkanes) is 1. The molecule has 2 heteroatoms. The van der Waals surface area contributed by atoms with Crippen molar-refractivity contribution in [2.24, 2.45) is 0 Å². The third-order valence-electron chi connectivity index (χ3n) is 2.60. The van der Waals surface area contributed by atoms with Crippen molar-refractivity contribution in [1.29, 1.82) is 0 Å².